The second kappa shape index (κ2) is 6.31. The summed E-state index contributed by atoms with van der Waals surface area (Å²) < 4.78 is 7.80. The molecule has 3 rings (SSSR count). The van der Waals surface area contributed by atoms with E-state index in [1.54, 1.807) is 0 Å². The quantitative estimate of drug-likeness (QED) is 0.918. The number of nitrogens with one attached hydrogen (secondary N) is 1. The van der Waals surface area contributed by atoms with Crippen molar-refractivity contribution in [3.05, 3.63) is 47.3 Å². The maximum atomic E-state index is 5.91. The Bertz CT molecular complexity index is 606. The van der Waals surface area contributed by atoms with Crippen LogP contribution in [0.5, 0.6) is 5.75 Å². The van der Waals surface area contributed by atoms with Crippen LogP contribution in [0.3, 0.4) is 0 Å². The van der Waals surface area contributed by atoms with E-state index in [4.69, 9.17) is 4.74 Å². The van der Waals surface area contributed by atoms with Crippen LogP contribution in [0.1, 0.15) is 35.7 Å². The summed E-state index contributed by atoms with van der Waals surface area (Å²) >= 11 is 0. The second-order valence-corrected chi connectivity index (χ2v) is 5.64. The zero-order valence-electron chi connectivity index (χ0n) is 12.8. The van der Waals surface area contributed by atoms with Crippen molar-refractivity contribution in [1.29, 1.82) is 0 Å². The average Bonchev–Trinajstić information content (AvgIpc) is 2.92. The number of benzene rings is 1. The van der Waals surface area contributed by atoms with Crippen LogP contribution >= 0.6 is 0 Å². The normalized spacial score (nSPS) is 17.5. The molecule has 0 spiro atoms. The first-order valence-corrected chi connectivity index (χ1v) is 7.67. The Labute approximate surface area is 126 Å². The van der Waals surface area contributed by atoms with E-state index in [0.29, 0.717) is 12.6 Å². The van der Waals surface area contributed by atoms with E-state index in [2.05, 4.69) is 28.6 Å². The van der Waals surface area contributed by atoms with Crippen LogP contribution in [0.15, 0.2) is 30.5 Å². The molecule has 4 nitrogen and oxygen atoms in total. The molecule has 2 aromatic rings. The van der Waals surface area contributed by atoms with Crippen molar-refractivity contribution in [1.82, 2.24) is 15.1 Å². The maximum absolute atomic E-state index is 5.91. The van der Waals surface area contributed by atoms with Crippen LogP contribution in [0.4, 0.5) is 0 Å². The molecule has 0 amide bonds. The third kappa shape index (κ3) is 3.10. The van der Waals surface area contributed by atoms with Gasteiger partial charge in [0.25, 0.3) is 0 Å². The Morgan fingerprint density at radius 3 is 3.05 bits per heavy atom. The van der Waals surface area contributed by atoms with Crippen molar-refractivity contribution >= 4 is 0 Å². The summed E-state index contributed by atoms with van der Waals surface area (Å²) in [5.41, 5.74) is 4.06. The Kier molecular flexibility index (Phi) is 4.25. The minimum absolute atomic E-state index is 0.497. The van der Waals surface area contributed by atoms with Gasteiger partial charge in [-0.2, -0.15) is 5.10 Å². The molecule has 0 saturated carbocycles. The SMILES string of the molecule is CNC1CCCc2cc(OCCc3ccnn3C)ccc21. The monoisotopic (exact) mass is 285 g/mol. The van der Waals surface area contributed by atoms with Crippen molar-refractivity contribution in [2.45, 2.75) is 31.7 Å². The molecule has 1 aliphatic rings. The maximum Gasteiger partial charge on any atom is 0.119 e. The second-order valence-electron chi connectivity index (χ2n) is 5.64. The Hall–Kier alpha value is -1.81. The molecule has 1 unspecified atom stereocenters. The van der Waals surface area contributed by atoms with Gasteiger partial charge < -0.3 is 10.1 Å². The van der Waals surface area contributed by atoms with Crippen molar-refractivity contribution in [2.24, 2.45) is 7.05 Å². The number of aryl methyl sites for hydroxylation is 2. The third-order valence-corrected chi connectivity index (χ3v) is 4.33. The zero-order valence-corrected chi connectivity index (χ0v) is 12.8. The molecule has 1 aliphatic carbocycles. The highest BCUT2D eigenvalue weighted by Crippen LogP contribution is 2.31. The van der Waals surface area contributed by atoms with Crippen LogP contribution in [0, 0.1) is 0 Å². The fraction of sp³-hybridized carbons (Fsp3) is 0.471. The fourth-order valence-electron chi connectivity index (χ4n) is 3.10. The van der Waals surface area contributed by atoms with Crippen LogP contribution in [-0.2, 0) is 19.9 Å². The van der Waals surface area contributed by atoms with Gasteiger partial charge in [-0.1, -0.05) is 6.07 Å². The van der Waals surface area contributed by atoms with E-state index in [1.807, 2.05) is 31.0 Å². The molecule has 0 bridgehead atoms. The molecule has 0 fully saturated rings. The van der Waals surface area contributed by atoms with Crippen LogP contribution in [-0.4, -0.2) is 23.4 Å². The molecular formula is C17H23N3O. The highest BCUT2D eigenvalue weighted by Gasteiger charge is 2.18. The Morgan fingerprint density at radius 2 is 2.29 bits per heavy atom. The number of hydrogen-bond acceptors (Lipinski definition) is 3. The summed E-state index contributed by atoms with van der Waals surface area (Å²) in [4.78, 5) is 0. The molecule has 0 aliphatic heterocycles. The number of rotatable bonds is 5. The molecule has 1 N–H and O–H groups in total. The molecule has 1 aromatic heterocycles. The predicted molar refractivity (Wildman–Crippen MR) is 83.6 cm³/mol. The van der Waals surface area contributed by atoms with Crippen LogP contribution in [0.25, 0.3) is 0 Å². The first-order valence-electron chi connectivity index (χ1n) is 7.67. The molecule has 1 atom stereocenters. The summed E-state index contributed by atoms with van der Waals surface area (Å²) in [7, 11) is 4.00. The van der Waals surface area contributed by atoms with Gasteiger partial charge in [0.05, 0.1) is 6.61 Å². The average molecular weight is 285 g/mol. The summed E-state index contributed by atoms with van der Waals surface area (Å²) in [6.07, 6.45) is 6.34. The summed E-state index contributed by atoms with van der Waals surface area (Å²) in [6.45, 7) is 0.688. The molecular weight excluding hydrogens is 262 g/mol. The van der Waals surface area contributed by atoms with Gasteiger partial charge in [-0.15, -0.1) is 0 Å². The van der Waals surface area contributed by atoms with Crippen LogP contribution in [0.2, 0.25) is 0 Å². The van der Waals surface area contributed by atoms with Gasteiger partial charge in [-0.25, -0.2) is 0 Å². The minimum atomic E-state index is 0.497. The standard InChI is InChI=1S/C17H23N3O/c1-18-17-5-3-4-13-12-15(6-7-16(13)17)21-11-9-14-8-10-19-20(14)2/h6-8,10,12,17-18H,3-5,9,11H2,1-2H3. The Morgan fingerprint density at radius 1 is 1.38 bits per heavy atom. The molecule has 21 heavy (non-hydrogen) atoms. The van der Waals surface area contributed by atoms with Gasteiger partial charge in [0.15, 0.2) is 0 Å². The first kappa shape index (κ1) is 14.1. The van der Waals surface area contributed by atoms with Gasteiger partial charge in [-0.3, -0.25) is 4.68 Å². The van der Waals surface area contributed by atoms with Crippen molar-refractivity contribution < 1.29 is 4.74 Å². The van der Waals surface area contributed by atoms with Crippen molar-refractivity contribution in [2.75, 3.05) is 13.7 Å². The summed E-state index contributed by atoms with van der Waals surface area (Å²) in [5, 5.41) is 7.57. The van der Waals surface area contributed by atoms with E-state index < -0.39 is 0 Å². The lowest BCUT2D eigenvalue weighted by molar-refractivity contribution is 0.317. The molecule has 1 heterocycles. The number of nitrogens with zero attached hydrogens (tertiary/aromatic N) is 2. The third-order valence-electron chi connectivity index (χ3n) is 4.33. The van der Waals surface area contributed by atoms with Gasteiger partial charge in [0.1, 0.15) is 5.75 Å². The summed E-state index contributed by atoms with van der Waals surface area (Å²) in [6, 6.07) is 9.06. The largest absolute Gasteiger partial charge is 0.493 e. The molecule has 4 heteroatoms. The predicted octanol–water partition coefficient (Wildman–Crippen LogP) is 2.64. The van der Waals surface area contributed by atoms with Gasteiger partial charge >= 0.3 is 0 Å². The van der Waals surface area contributed by atoms with Gasteiger partial charge in [0, 0.05) is 31.4 Å². The topological polar surface area (TPSA) is 39.1 Å². The lowest BCUT2D eigenvalue weighted by Crippen LogP contribution is -2.21. The first-order chi connectivity index (χ1) is 10.3. The highest BCUT2D eigenvalue weighted by atomic mass is 16.5. The minimum Gasteiger partial charge on any atom is -0.493 e. The number of ether oxygens (including phenoxy) is 1. The Balaban J connectivity index is 1.63. The van der Waals surface area contributed by atoms with E-state index >= 15 is 0 Å². The van der Waals surface area contributed by atoms with E-state index in [-0.39, 0.29) is 0 Å². The molecule has 1 aromatic carbocycles. The molecule has 0 radical (unpaired) electrons. The lowest BCUT2D eigenvalue weighted by atomic mass is 9.87. The fourth-order valence-corrected chi connectivity index (χ4v) is 3.10. The number of fused-ring (bicyclic) bond motifs is 1. The molecule has 0 saturated heterocycles. The lowest BCUT2D eigenvalue weighted by Gasteiger charge is -2.25. The zero-order chi connectivity index (χ0) is 14.7. The van der Waals surface area contributed by atoms with Gasteiger partial charge in [0.2, 0.25) is 0 Å². The number of aromatic nitrogens is 2. The number of hydrogen-bond donors (Lipinski definition) is 1. The smallest absolute Gasteiger partial charge is 0.119 e. The van der Waals surface area contributed by atoms with Crippen LogP contribution < -0.4 is 10.1 Å². The highest BCUT2D eigenvalue weighted by molar-refractivity contribution is 5.39. The van der Waals surface area contributed by atoms with Gasteiger partial charge in [-0.05, 0) is 55.6 Å². The molecule has 112 valence electrons. The van der Waals surface area contributed by atoms with E-state index in [9.17, 15) is 0 Å². The van der Waals surface area contributed by atoms with Crippen molar-refractivity contribution in [3.8, 4) is 5.75 Å². The van der Waals surface area contributed by atoms with E-state index in [0.717, 1.165) is 18.6 Å². The van der Waals surface area contributed by atoms with Crippen molar-refractivity contribution in [3.63, 3.8) is 0 Å². The van der Waals surface area contributed by atoms with E-state index in [1.165, 1.54) is 29.7 Å². The summed E-state index contributed by atoms with van der Waals surface area (Å²) in [5.74, 6) is 0.979.